The first-order valence-electron chi connectivity index (χ1n) is 11.2. The summed E-state index contributed by atoms with van der Waals surface area (Å²) in [7, 11) is 0. The third-order valence-electron chi connectivity index (χ3n) is 9.21. The van der Waals surface area contributed by atoms with Gasteiger partial charge in [0.15, 0.2) is 5.78 Å². The molecule has 0 amide bonds. The third-order valence-corrected chi connectivity index (χ3v) is 9.21. The van der Waals surface area contributed by atoms with E-state index in [1.54, 1.807) is 0 Å². The van der Waals surface area contributed by atoms with Gasteiger partial charge in [-0.3, -0.25) is 4.79 Å². The molecule has 26 heavy (non-hydrogen) atoms. The summed E-state index contributed by atoms with van der Waals surface area (Å²) < 4.78 is 0. The van der Waals surface area contributed by atoms with Crippen LogP contribution in [-0.2, 0) is 4.79 Å². The van der Waals surface area contributed by atoms with Crippen LogP contribution in [0.4, 0.5) is 0 Å². The number of ketones is 1. The molecule has 4 rings (SSSR count). The highest BCUT2D eigenvalue weighted by molar-refractivity contribution is 5.94. The molecule has 0 spiro atoms. The zero-order valence-corrected chi connectivity index (χ0v) is 17.3. The molecule has 0 saturated heterocycles. The monoisotopic (exact) mass is 358 g/mol. The van der Waals surface area contributed by atoms with Crippen molar-refractivity contribution < 1.29 is 9.90 Å². The summed E-state index contributed by atoms with van der Waals surface area (Å²) in [6.07, 6.45) is 12.2. The Bertz CT molecular complexity index is 605. The maximum atomic E-state index is 13.2. The molecule has 7 unspecified atom stereocenters. The zero-order valence-electron chi connectivity index (χ0n) is 17.3. The zero-order chi connectivity index (χ0) is 18.7. The number of carbonyl (C=O) groups excluding carboxylic acids is 1. The van der Waals surface area contributed by atoms with E-state index in [0.29, 0.717) is 23.0 Å². The van der Waals surface area contributed by atoms with Gasteiger partial charge in [0.2, 0.25) is 0 Å². The number of allylic oxidation sites excluding steroid dienone is 1. The molecule has 4 aliphatic rings. The standard InChI is InChI=1S/C24H38O2/c1-15(2)5-6-16-7-8-19-22-20(10-12-23(16,19)3)24(4)11-9-18(25)13-17(24)14-21(22)26/h14-16,18-20,22,25H,5-13H2,1-4H3. The van der Waals surface area contributed by atoms with Crippen molar-refractivity contribution in [3.63, 3.8) is 0 Å². The quantitative estimate of drug-likeness (QED) is 0.719. The average molecular weight is 359 g/mol. The van der Waals surface area contributed by atoms with Crippen LogP contribution in [0.25, 0.3) is 0 Å². The number of rotatable bonds is 3. The fourth-order valence-corrected chi connectivity index (χ4v) is 7.50. The van der Waals surface area contributed by atoms with Crippen molar-refractivity contribution in [3.8, 4) is 0 Å². The predicted molar refractivity (Wildman–Crippen MR) is 106 cm³/mol. The number of fused-ring (bicyclic) bond motifs is 5. The highest BCUT2D eigenvalue weighted by Crippen LogP contribution is 2.66. The lowest BCUT2D eigenvalue weighted by Crippen LogP contribution is -2.53. The molecule has 1 N–H and O–H groups in total. The molecule has 0 aromatic heterocycles. The molecule has 0 aliphatic heterocycles. The van der Waals surface area contributed by atoms with Crippen molar-refractivity contribution >= 4 is 5.78 Å². The normalized spacial score (nSPS) is 48.0. The highest BCUT2D eigenvalue weighted by atomic mass is 16.3. The first-order chi connectivity index (χ1) is 12.3. The first kappa shape index (κ1) is 18.7. The Morgan fingerprint density at radius 3 is 2.62 bits per heavy atom. The summed E-state index contributed by atoms with van der Waals surface area (Å²) in [6, 6.07) is 0. The van der Waals surface area contributed by atoms with Gasteiger partial charge in [-0.25, -0.2) is 0 Å². The largest absolute Gasteiger partial charge is 0.393 e. The molecule has 146 valence electrons. The van der Waals surface area contributed by atoms with Crippen molar-refractivity contribution in [3.05, 3.63) is 11.6 Å². The number of aliphatic hydroxyl groups is 1. The SMILES string of the molecule is CC(C)CCC1CCC2C3C(=O)C=C4CC(O)CCC4(C)C3CCC12C. The van der Waals surface area contributed by atoms with Gasteiger partial charge in [0, 0.05) is 5.92 Å². The fourth-order valence-electron chi connectivity index (χ4n) is 7.50. The summed E-state index contributed by atoms with van der Waals surface area (Å²) in [5.41, 5.74) is 1.80. The lowest BCUT2D eigenvalue weighted by molar-refractivity contribution is -0.134. The average Bonchev–Trinajstić information content (AvgIpc) is 2.91. The molecule has 2 heteroatoms. The van der Waals surface area contributed by atoms with Crippen LogP contribution in [0, 0.1) is 40.4 Å². The minimum atomic E-state index is -0.237. The molecule has 2 nitrogen and oxygen atoms in total. The molecule has 0 radical (unpaired) electrons. The van der Waals surface area contributed by atoms with Crippen molar-refractivity contribution in [1.82, 2.24) is 0 Å². The van der Waals surface area contributed by atoms with E-state index < -0.39 is 0 Å². The van der Waals surface area contributed by atoms with Crippen LogP contribution in [0.15, 0.2) is 11.6 Å². The van der Waals surface area contributed by atoms with Crippen LogP contribution >= 0.6 is 0 Å². The van der Waals surface area contributed by atoms with Gasteiger partial charge >= 0.3 is 0 Å². The van der Waals surface area contributed by atoms with Gasteiger partial charge in [0.1, 0.15) is 0 Å². The second-order valence-electron chi connectivity index (χ2n) is 10.9. The number of aliphatic hydroxyl groups excluding tert-OH is 1. The van der Waals surface area contributed by atoms with Gasteiger partial charge < -0.3 is 5.11 Å². The van der Waals surface area contributed by atoms with E-state index in [0.717, 1.165) is 31.1 Å². The number of carbonyl (C=O) groups is 1. The number of hydrogen-bond donors (Lipinski definition) is 1. The summed E-state index contributed by atoms with van der Waals surface area (Å²) in [5, 5.41) is 10.1. The Labute approximate surface area is 159 Å². The maximum Gasteiger partial charge on any atom is 0.159 e. The first-order valence-corrected chi connectivity index (χ1v) is 11.2. The Morgan fingerprint density at radius 2 is 1.88 bits per heavy atom. The second kappa shape index (κ2) is 6.47. The Morgan fingerprint density at radius 1 is 1.12 bits per heavy atom. The summed E-state index contributed by atoms with van der Waals surface area (Å²) in [6.45, 7) is 9.59. The van der Waals surface area contributed by atoms with Crippen molar-refractivity contribution in [2.45, 2.75) is 91.6 Å². The Hall–Kier alpha value is -0.630. The van der Waals surface area contributed by atoms with Crippen LogP contribution in [0.2, 0.25) is 0 Å². The topological polar surface area (TPSA) is 37.3 Å². The fraction of sp³-hybridized carbons (Fsp3) is 0.875. The van der Waals surface area contributed by atoms with Gasteiger partial charge in [0.25, 0.3) is 0 Å². The van der Waals surface area contributed by atoms with Crippen molar-refractivity contribution in [2.24, 2.45) is 40.4 Å². The molecule has 3 saturated carbocycles. The molecular weight excluding hydrogens is 320 g/mol. The highest BCUT2D eigenvalue weighted by Gasteiger charge is 2.60. The Kier molecular flexibility index (Phi) is 4.66. The minimum Gasteiger partial charge on any atom is -0.393 e. The van der Waals surface area contributed by atoms with E-state index in [2.05, 4.69) is 27.7 Å². The van der Waals surface area contributed by atoms with Crippen LogP contribution in [0.1, 0.15) is 85.5 Å². The van der Waals surface area contributed by atoms with E-state index in [9.17, 15) is 9.90 Å². The van der Waals surface area contributed by atoms with E-state index in [4.69, 9.17) is 0 Å². The smallest absolute Gasteiger partial charge is 0.159 e. The molecule has 3 fully saturated rings. The molecule has 0 aromatic carbocycles. The Balaban J connectivity index is 1.62. The minimum absolute atomic E-state index is 0.162. The number of hydrogen-bond acceptors (Lipinski definition) is 2. The van der Waals surface area contributed by atoms with Gasteiger partial charge in [-0.1, -0.05) is 39.7 Å². The van der Waals surface area contributed by atoms with Gasteiger partial charge in [0.05, 0.1) is 6.10 Å². The van der Waals surface area contributed by atoms with Crippen LogP contribution < -0.4 is 0 Å². The van der Waals surface area contributed by atoms with Crippen LogP contribution in [-0.4, -0.2) is 17.0 Å². The molecular formula is C24H38O2. The van der Waals surface area contributed by atoms with Crippen LogP contribution in [0.3, 0.4) is 0 Å². The molecule has 0 aromatic rings. The molecule has 4 aliphatic carbocycles. The van der Waals surface area contributed by atoms with Crippen molar-refractivity contribution in [2.75, 3.05) is 0 Å². The lowest BCUT2D eigenvalue weighted by Gasteiger charge is -2.57. The summed E-state index contributed by atoms with van der Waals surface area (Å²) in [4.78, 5) is 13.2. The van der Waals surface area contributed by atoms with E-state index in [-0.39, 0.29) is 17.4 Å². The van der Waals surface area contributed by atoms with Crippen molar-refractivity contribution in [1.29, 1.82) is 0 Å². The third kappa shape index (κ3) is 2.74. The maximum absolute atomic E-state index is 13.2. The van der Waals surface area contributed by atoms with E-state index in [1.807, 2.05) is 6.08 Å². The molecule has 0 bridgehead atoms. The van der Waals surface area contributed by atoms with Gasteiger partial charge in [-0.15, -0.1) is 0 Å². The van der Waals surface area contributed by atoms with E-state index >= 15 is 0 Å². The summed E-state index contributed by atoms with van der Waals surface area (Å²) in [5.74, 6) is 3.36. The second-order valence-corrected chi connectivity index (χ2v) is 10.9. The lowest BCUT2D eigenvalue weighted by atomic mass is 9.47. The van der Waals surface area contributed by atoms with Gasteiger partial charge in [-0.2, -0.15) is 0 Å². The molecule has 0 heterocycles. The van der Waals surface area contributed by atoms with Gasteiger partial charge in [-0.05, 0) is 91.9 Å². The van der Waals surface area contributed by atoms with Crippen LogP contribution in [0.5, 0.6) is 0 Å². The molecule has 7 atom stereocenters. The van der Waals surface area contributed by atoms with E-state index in [1.165, 1.54) is 44.1 Å². The summed E-state index contributed by atoms with van der Waals surface area (Å²) >= 11 is 0. The predicted octanol–water partition coefficient (Wildman–Crippen LogP) is 5.54.